The third-order valence-corrected chi connectivity index (χ3v) is 22.3. The number of fused-ring (bicyclic) bond motifs is 21. The molecule has 2 aliphatic carbocycles. The molecule has 0 amide bonds. The van der Waals surface area contributed by atoms with Crippen LogP contribution < -0.4 is 0 Å². The van der Waals surface area contributed by atoms with Crippen molar-refractivity contribution in [1.82, 2.24) is 0 Å². The summed E-state index contributed by atoms with van der Waals surface area (Å²) in [6.45, 7) is 43.8. The normalized spacial score (nSPS) is 22.6. The third kappa shape index (κ3) is 6.14. The zero-order valence-electron chi connectivity index (χ0n) is 39.5. The Balaban J connectivity index is 1.50. The second-order valence-corrected chi connectivity index (χ2v) is 30.4. The van der Waals surface area contributed by atoms with Crippen LogP contribution in [0.25, 0.3) is 57.9 Å². The number of rotatable bonds is 0. The highest BCUT2D eigenvalue weighted by atomic mass is 32.2. The zero-order chi connectivity index (χ0) is 43.3. The highest BCUT2D eigenvalue weighted by Crippen LogP contribution is 2.71. The summed E-state index contributed by atoms with van der Waals surface area (Å²) in [5.74, 6) is 0.929. The average molecular weight is 887 g/mol. The number of hydrogen-bond donors (Lipinski definition) is 0. The number of thiophene rings is 3. The van der Waals surface area contributed by atoms with Crippen LogP contribution in [0.4, 0.5) is 0 Å². The van der Waals surface area contributed by atoms with Gasteiger partial charge in [0, 0.05) is 83.4 Å². The van der Waals surface area contributed by atoms with E-state index in [-0.39, 0.29) is 32.5 Å². The van der Waals surface area contributed by atoms with Crippen molar-refractivity contribution in [3.63, 3.8) is 0 Å². The van der Waals surface area contributed by atoms with Gasteiger partial charge < -0.3 is 0 Å². The molecule has 5 heteroatoms. The maximum absolute atomic E-state index is 2.77. The molecule has 0 bridgehead atoms. The van der Waals surface area contributed by atoms with E-state index in [9.17, 15) is 0 Å². The summed E-state index contributed by atoms with van der Waals surface area (Å²) in [7, 11) is 0. The van der Waals surface area contributed by atoms with Crippen LogP contribution in [0.3, 0.4) is 0 Å². The first-order valence-electron chi connectivity index (χ1n) is 22.4. The van der Waals surface area contributed by atoms with Gasteiger partial charge in [-0.05, 0) is 94.6 Å². The van der Waals surface area contributed by atoms with Crippen molar-refractivity contribution < 1.29 is 0 Å². The fourth-order valence-corrected chi connectivity index (χ4v) is 17.5. The lowest BCUT2D eigenvalue weighted by molar-refractivity contribution is 0.434. The van der Waals surface area contributed by atoms with Gasteiger partial charge in [0.05, 0.1) is 0 Å². The zero-order valence-corrected chi connectivity index (χ0v) is 43.6. The fourth-order valence-electron chi connectivity index (χ4n) is 10.4. The Bertz CT molecular complexity index is 2960. The van der Waals surface area contributed by atoms with Crippen LogP contribution in [-0.2, 0) is 22.7 Å². The molecule has 3 aromatic carbocycles. The van der Waals surface area contributed by atoms with Crippen LogP contribution in [0.5, 0.6) is 0 Å². The van der Waals surface area contributed by atoms with Gasteiger partial charge in [0.25, 0.3) is 0 Å². The summed E-state index contributed by atoms with van der Waals surface area (Å²) in [5, 5.41) is 11.5. The molecule has 6 aromatic rings. The maximum atomic E-state index is 2.77. The quantitative estimate of drug-likeness (QED) is 0.139. The van der Waals surface area contributed by atoms with E-state index < -0.39 is 0 Å². The Kier molecular flexibility index (Phi) is 8.97. The molecule has 5 heterocycles. The molecule has 0 saturated carbocycles. The number of hydrogen-bond acceptors (Lipinski definition) is 5. The number of benzene rings is 3. The minimum Gasteiger partial charge on any atom is -0.139 e. The molecule has 4 unspecified atom stereocenters. The SMILES string of the molecule is CC(C)(C)C1=Cc2c(c3c4c(c5c6sc(C(C)(C)C)cc6c6cc(C(C)(C)C)sc6c5c3c3sc(C(C)(C)C)cc23)C2SC(C(C)(C)C)=CC2C2C=C(C(C)(C)C)SC42)C1. The molecule has 2 aliphatic heterocycles. The Morgan fingerprint density at radius 1 is 0.433 bits per heavy atom. The van der Waals surface area contributed by atoms with E-state index >= 15 is 0 Å². The van der Waals surface area contributed by atoms with E-state index in [0.717, 1.165) is 6.42 Å². The molecule has 316 valence electrons. The molecule has 0 spiro atoms. The molecule has 4 aliphatic rings. The van der Waals surface area contributed by atoms with Gasteiger partial charge in [0.15, 0.2) is 0 Å². The summed E-state index contributed by atoms with van der Waals surface area (Å²) >= 11 is 10.8. The van der Waals surface area contributed by atoms with Gasteiger partial charge in [-0.3, -0.25) is 0 Å². The molecule has 10 rings (SSSR count). The maximum Gasteiger partial charge on any atom is 0.0438 e. The molecular formula is C55H66S5. The third-order valence-electron chi connectivity index (χ3n) is 13.9. The molecule has 0 fully saturated rings. The van der Waals surface area contributed by atoms with Crippen LogP contribution in [-0.4, -0.2) is 0 Å². The molecule has 0 saturated heterocycles. The lowest BCUT2D eigenvalue weighted by atomic mass is 9.70. The molecule has 4 atom stereocenters. The van der Waals surface area contributed by atoms with Gasteiger partial charge in [0.1, 0.15) is 0 Å². The summed E-state index contributed by atoms with van der Waals surface area (Å²) in [4.78, 5) is 7.65. The highest BCUT2D eigenvalue weighted by molar-refractivity contribution is 8.04. The largest absolute Gasteiger partial charge is 0.139 e. The minimum atomic E-state index is 0.0559. The van der Waals surface area contributed by atoms with Crippen molar-refractivity contribution in [2.24, 2.45) is 28.1 Å². The van der Waals surface area contributed by atoms with Crippen molar-refractivity contribution in [1.29, 1.82) is 0 Å². The van der Waals surface area contributed by atoms with Crippen LogP contribution in [0.1, 0.15) is 172 Å². The summed E-state index contributed by atoms with van der Waals surface area (Å²) < 4.78 is 4.56. The lowest BCUT2D eigenvalue weighted by Gasteiger charge is -2.39. The molecular weight excluding hydrogens is 821 g/mol. The average Bonchev–Trinajstić information content (AvgIpc) is 3.94. The smallest absolute Gasteiger partial charge is 0.0438 e. The van der Waals surface area contributed by atoms with Crippen molar-refractivity contribution in [2.45, 2.75) is 158 Å². The first-order valence-corrected chi connectivity index (χ1v) is 26.7. The van der Waals surface area contributed by atoms with Crippen molar-refractivity contribution in [3.05, 3.63) is 82.6 Å². The number of allylic oxidation sites excluding steroid dienone is 5. The molecule has 3 aromatic heterocycles. The highest BCUT2D eigenvalue weighted by Gasteiger charge is 2.52. The van der Waals surface area contributed by atoms with Crippen LogP contribution in [0.15, 0.2) is 45.7 Å². The van der Waals surface area contributed by atoms with E-state index in [1.165, 1.54) is 50.5 Å². The monoisotopic (exact) mass is 886 g/mol. The van der Waals surface area contributed by atoms with Crippen molar-refractivity contribution in [2.75, 3.05) is 0 Å². The minimum absolute atomic E-state index is 0.0559. The van der Waals surface area contributed by atoms with Gasteiger partial charge in [0.2, 0.25) is 0 Å². The fraction of sp³-hybridized carbons (Fsp3) is 0.527. The predicted molar refractivity (Wildman–Crippen MR) is 278 cm³/mol. The van der Waals surface area contributed by atoms with E-state index in [1.54, 1.807) is 53.6 Å². The van der Waals surface area contributed by atoms with Gasteiger partial charge in [-0.15, -0.1) is 57.5 Å². The van der Waals surface area contributed by atoms with E-state index in [2.05, 4.69) is 219 Å². The van der Waals surface area contributed by atoms with Crippen LogP contribution in [0, 0.1) is 28.1 Å². The Morgan fingerprint density at radius 2 is 0.817 bits per heavy atom. The topological polar surface area (TPSA) is 0 Å². The summed E-state index contributed by atoms with van der Waals surface area (Å²) in [6, 6.07) is 7.85. The second kappa shape index (κ2) is 12.8. The predicted octanol–water partition coefficient (Wildman–Crippen LogP) is 19.2. The van der Waals surface area contributed by atoms with Crippen LogP contribution in [0.2, 0.25) is 0 Å². The van der Waals surface area contributed by atoms with Gasteiger partial charge >= 0.3 is 0 Å². The lowest BCUT2D eigenvalue weighted by Crippen LogP contribution is -2.26. The number of thioether (sulfide) groups is 2. The molecule has 60 heavy (non-hydrogen) atoms. The Morgan fingerprint density at radius 3 is 1.23 bits per heavy atom. The standard InChI is InChI=1S/C55H66S5/c1-50(2,3)26-19-27-28(20-26)39-40(45-29(27)21-34(56-45)51(4,5)6)42-44(49-33(25-38(60-49)55(16,17)18)32-24-37(54(13,14)15)59-48(32)42)43-41(39)46-30(22-35(57-46)52(7,8)9)31-23-36(53(10,11)12)58-47(31)43/h19,21-25,30-31,46-47H,20H2,1-18H3. The first kappa shape index (κ1) is 42.0. The molecule has 0 radical (unpaired) electrons. The Hall–Kier alpha value is -2.02. The van der Waals surface area contributed by atoms with E-state index in [0.29, 0.717) is 22.3 Å². The van der Waals surface area contributed by atoms with Crippen molar-refractivity contribution >= 4 is 115 Å². The Labute approximate surface area is 381 Å². The van der Waals surface area contributed by atoms with E-state index in [1.807, 2.05) is 0 Å². The van der Waals surface area contributed by atoms with Crippen molar-refractivity contribution in [3.8, 4) is 0 Å². The van der Waals surface area contributed by atoms with E-state index in [4.69, 9.17) is 0 Å². The summed E-state index contributed by atoms with van der Waals surface area (Å²) in [6.07, 6.45) is 9.22. The second-order valence-electron chi connectivity index (χ2n) is 24.9. The molecule has 0 N–H and O–H groups in total. The first-order chi connectivity index (χ1) is 27.5. The van der Waals surface area contributed by atoms with Gasteiger partial charge in [-0.1, -0.05) is 148 Å². The van der Waals surface area contributed by atoms with Gasteiger partial charge in [-0.2, -0.15) is 0 Å². The molecule has 0 nitrogen and oxygen atoms in total. The van der Waals surface area contributed by atoms with Gasteiger partial charge in [-0.25, -0.2) is 0 Å². The summed E-state index contributed by atoms with van der Waals surface area (Å²) in [5.41, 5.74) is 8.54. The van der Waals surface area contributed by atoms with Crippen LogP contribution >= 0.6 is 57.5 Å².